The van der Waals surface area contributed by atoms with Crippen molar-refractivity contribution in [1.82, 2.24) is 9.78 Å². The number of methoxy groups -OCH3 is 1. The Balaban J connectivity index is 1.42. The minimum absolute atomic E-state index is 0.138. The van der Waals surface area contributed by atoms with Crippen LogP contribution in [-0.4, -0.2) is 49.0 Å². The van der Waals surface area contributed by atoms with Crippen molar-refractivity contribution in [3.63, 3.8) is 0 Å². The third kappa shape index (κ3) is 5.16. The normalized spacial score (nSPS) is 13.7. The number of anilines is 3. The summed E-state index contributed by atoms with van der Waals surface area (Å²) < 4.78 is 6.71. The van der Waals surface area contributed by atoms with Crippen LogP contribution in [0, 0.1) is 13.8 Å². The van der Waals surface area contributed by atoms with Crippen LogP contribution in [0.1, 0.15) is 11.1 Å². The average molecular weight is 448 g/mol. The minimum atomic E-state index is -0.304. The second kappa shape index (κ2) is 9.77. The molecule has 1 amide bonds. The van der Waals surface area contributed by atoms with Crippen LogP contribution in [0.15, 0.2) is 59.4 Å². The number of nitrogens with zero attached hydrogens (tertiary/aromatic N) is 4. The van der Waals surface area contributed by atoms with Gasteiger partial charge < -0.3 is 19.9 Å². The molecular weight excluding hydrogens is 418 g/mol. The van der Waals surface area contributed by atoms with Gasteiger partial charge in [0, 0.05) is 37.9 Å². The van der Waals surface area contributed by atoms with Crippen molar-refractivity contribution in [2.24, 2.45) is 0 Å². The molecule has 172 valence electrons. The number of aromatic nitrogens is 2. The summed E-state index contributed by atoms with van der Waals surface area (Å²) in [7, 11) is 1.68. The largest absolute Gasteiger partial charge is 0.495 e. The van der Waals surface area contributed by atoms with Gasteiger partial charge in [-0.25, -0.2) is 4.68 Å². The van der Waals surface area contributed by atoms with Crippen molar-refractivity contribution in [1.29, 1.82) is 0 Å². The Morgan fingerprint density at radius 2 is 1.73 bits per heavy atom. The van der Waals surface area contributed by atoms with E-state index in [0.717, 1.165) is 54.4 Å². The summed E-state index contributed by atoms with van der Waals surface area (Å²) in [5.41, 5.74) is 3.61. The fraction of sp³-hybridized carbons (Fsp3) is 0.320. The van der Waals surface area contributed by atoms with Gasteiger partial charge in [0.15, 0.2) is 0 Å². The van der Waals surface area contributed by atoms with Gasteiger partial charge in [-0.05, 0) is 43.7 Å². The maximum atomic E-state index is 12.6. The van der Waals surface area contributed by atoms with Crippen molar-refractivity contribution in [2.75, 3.05) is 48.4 Å². The van der Waals surface area contributed by atoms with Crippen LogP contribution in [-0.2, 0) is 11.3 Å². The molecule has 1 N–H and O–H groups in total. The molecule has 1 saturated heterocycles. The maximum Gasteiger partial charge on any atom is 0.267 e. The quantitative estimate of drug-likeness (QED) is 0.626. The lowest BCUT2D eigenvalue weighted by Crippen LogP contribution is -2.47. The van der Waals surface area contributed by atoms with Crippen molar-refractivity contribution in [2.45, 2.75) is 20.4 Å². The number of benzene rings is 2. The zero-order chi connectivity index (χ0) is 23.4. The molecule has 4 rings (SSSR count). The van der Waals surface area contributed by atoms with Gasteiger partial charge in [-0.1, -0.05) is 29.8 Å². The molecule has 8 heteroatoms. The van der Waals surface area contributed by atoms with E-state index in [1.807, 2.05) is 50.2 Å². The van der Waals surface area contributed by atoms with Crippen LogP contribution in [0.4, 0.5) is 17.2 Å². The third-order valence-corrected chi connectivity index (χ3v) is 5.83. The van der Waals surface area contributed by atoms with E-state index in [9.17, 15) is 9.59 Å². The third-order valence-electron chi connectivity index (χ3n) is 5.83. The summed E-state index contributed by atoms with van der Waals surface area (Å²) in [4.78, 5) is 29.3. The zero-order valence-corrected chi connectivity index (χ0v) is 19.2. The molecule has 2 aromatic carbocycles. The summed E-state index contributed by atoms with van der Waals surface area (Å²) in [6, 6.07) is 17.0. The van der Waals surface area contributed by atoms with Crippen molar-refractivity contribution < 1.29 is 9.53 Å². The summed E-state index contributed by atoms with van der Waals surface area (Å²) in [6.45, 7) is 6.90. The molecule has 0 radical (unpaired) electrons. The first-order chi connectivity index (χ1) is 15.9. The number of para-hydroxylation sites is 2. The smallest absolute Gasteiger partial charge is 0.267 e. The first kappa shape index (κ1) is 22.4. The van der Waals surface area contributed by atoms with Crippen LogP contribution >= 0.6 is 0 Å². The van der Waals surface area contributed by atoms with Gasteiger partial charge in [0.1, 0.15) is 18.1 Å². The van der Waals surface area contributed by atoms with Crippen LogP contribution < -0.4 is 25.4 Å². The highest BCUT2D eigenvalue weighted by Gasteiger charge is 2.21. The molecule has 8 nitrogen and oxygen atoms in total. The Hall–Kier alpha value is -3.81. The number of hydrogen-bond acceptors (Lipinski definition) is 6. The van der Waals surface area contributed by atoms with Gasteiger partial charge in [-0.2, -0.15) is 5.10 Å². The van der Waals surface area contributed by atoms with E-state index in [-0.39, 0.29) is 18.0 Å². The molecule has 0 saturated carbocycles. The molecule has 0 aliphatic carbocycles. The van der Waals surface area contributed by atoms with Crippen LogP contribution in [0.25, 0.3) is 0 Å². The Bertz CT molecular complexity index is 1200. The highest BCUT2D eigenvalue weighted by molar-refractivity contribution is 5.91. The Kier molecular flexibility index (Phi) is 6.63. The Morgan fingerprint density at radius 3 is 2.45 bits per heavy atom. The van der Waals surface area contributed by atoms with Gasteiger partial charge >= 0.3 is 0 Å². The van der Waals surface area contributed by atoms with Crippen LogP contribution in [0.5, 0.6) is 5.75 Å². The molecule has 0 spiro atoms. The number of aryl methyl sites for hydroxylation is 2. The van der Waals surface area contributed by atoms with Gasteiger partial charge in [-0.3, -0.25) is 9.59 Å². The molecule has 1 aliphatic rings. The molecule has 1 fully saturated rings. The predicted octanol–water partition coefficient (Wildman–Crippen LogP) is 2.83. The second-order valence-electron chi connectivity index (χ2n) is 8.20. The van der Waals surface area contributed by atoms with E-state index >= 15 is 0 Å². The highest BCUT2D eigenvalue weighted by Crippen LogP contribution is 2.28. The van der Waals surface area contributed by atoms with Gasteiger partial charge in [0.25, 0.3) is 5.56 Å². The molecule has 2 heterocycles. The average Bonchev–Trinajstić information content (AvgIpc) is 2.82. The fourth-order valence-electron chi connectivity index (χ4n) is 4.07. The van der Waals surface area contributed by atoms with E-state index in [0.29, 0.717) is 5.82 Å². The molecule has 0 atom stereocenters. The number of amides is 1. The molecule has 1 aromatic heterocycles. The fourth-order valence-corrected chi connectivity index (χ4v) is 4.07. The van der Waals surface area contributed by atoms with Crippen molar-refractivity contribution in [3.05, 3.63) is 76.1 Å². The molecule has 3 aromatic rings. The van der Waals surface area contributed by atoms with E-state index in [1.165, 1.54) is 10.7 Å². The molecule has 1 aliphatic heterocycles. The number of nitrogens with one attached hydrogen (secondary N) is 1. The van der Waals surface area contributed by atoms with Crippen molar-refractivity contribution >= 4 is 23.1 Å². The van der Waals surface area contributed by atoms with Crippen LogP contribution in [0.2, 0.25) is 0 Å². The second-order valence-corrected chi connectivity index (χ2v) is 8.20. The number of rotatable bonds is 6. The van der Waals surface area contributed by atoms with Crippen molar-refractivity contribution in [3.8, 4) is 5.75 Å². The molecule has 0 unspecified atom stereocenters. The summed E-state index contributed by atoms with van der Waals surface area (Å²) >= 11 is 0. The summed E-state index contributed by atoms with van der Waals surface area (Å²) in [5, 5.41) is 7.35. The Labute approximate surface area is 193 Å². The lowest BCUT2D eigenvalue weighted by molar-refractivity contribution is -0.117. The number of piperazine rings is 1. The minimum Gasteiger partial charge on any atom is -0.495 e. The monoisotopic (exact) mass is 447 g/mol. The molecule has 0 bridgehead atoms. The SMILES string of the molecule is COc1ccccc1N1CCN(c2ccc(=O)n(CC(=O)Nc3ccc(C)cc3C)n2)CC1. The predicted molar refractivity (Wildman–Crippen MR) is 130 cm³/mol. The van der Waals surface area contributed by atoms with E-state index in [4.69, 9.17) is 4.74 Å². The first-order valence-corrected chi connectivity index (χ1v) is 11.0. The first-order valence-electron chi connectivity index (χ1n) is 11.0. The Morgan fingerprint density at radius 1 is 1.00 bits per heavy atom. The number of carbonyl (C=O) groups excluding carboxylic acids is 1. The summed E-state index contributed by atoms with van der Waals surface area (Å²) in [6.07, 6.45) is 0. The highest BCUT2D eigenvalue weighted by atomic mass is 16.5. The van der Waals surface area contributed by atoms with Gasteiger partial charge in [0.2, 0.25) is 5.91 Å². The lowest BCUT2D eigenvalue weighted by Gasteiger charge is -2.37. The number of carbonyl (C=O) groups is 1. The van der Waals surface area contributed by atoms with Crippen LogP contribution in [0.3, 0.4) is 0 Å². The molecular formula is C25H29N5O3. The van der Waals surface area contributed by atoms with E-state index in [1.54, 1.807) is 13.2 Å². The lowest BCUT2D eigenvalue weighted by atomic mass is 10.1. The molecule has 33 heavy (non-hydrogen) atoms. The standard InChI is InChI=1S/C25H29N5O3/c1-18-8-9-20(19(2)16-18)26-24(31)17-30-25(32)11-10-23(27-30)29-14-12-28(13-15-29)21-6-4-5-7-22(21)33-3/h4-11,16H,12-15,17H2,1-3H3,(H,26,31). The van der Waals surface area contributed by atoms with E-state index < -0.39 is 0 Å². The number of hydrogen-bond donors (Lipinski definition) is 1. The topological polar surface area (TPSA) is 79.7 Å². The number of ether oxygens (including phenoxy) is 1. The van der Waals surface area contributed by atoms with Gasteiger partial charge in [-0.15, -0.1) is 0 Å². The van der Waals surface area contributed by atoms with E-state index in [2.05, 4.69) is 26.3 Å². The maximum absolute atomic E-state index is 12.6. The van der Waals surface area contributed by atoms with Gasteiger partial charge in [0.05, 0.1) is 12.8 Å². The zero-order valence-electron chi connectivity index (χ0n) is 19.2. The summed E-state index contributed by atoms with van der Waals surface area (Å²) in [5.74, 6) is 1.26.